The van der Waals surface area contributed by atoms with Crippen molar-refractivity contribution in [1.29, 1.82) is 0 Å². The number of para-hydroxylation sites is 4. The number of fused-ring (bicyclic) bond motifs is 7. The molecule has 6 aromatic carbocycles. The molecule has 0 aliphatic heterocycles. The third-order valence-corrected chi connectivity index (χ3v) is 9.49. The Morgan fingerprint density at radius 3 is 1.17 bits per heavy atom. The number of benzene rings is 6. The van der Waals surface area contributed by atoms with Crippen molar-refractivity contribution in [3.05, 3.63) is 175 Å². The Morgan fingerprint density at radius 1 is 0.354 bits per heavy atom. The topological polar surface area (TPSA) is 49.7 Å². The van der Waals surface area contributed by atoms with Gasteiger partial charge in [0.1, 0.15) is 0 Å². The zero-order chi connectivity index (χ0) is 31.8. The first-order chi connectivity index (χ1) is 23.8. The van der Waals surface area contributed by atoms with Gasteiger partial charge in [-0.25, -0.2) is 4.79 Å². The van der Waals surface area contributed by atoms with Crippen LogP contribution in [0.1, 0.15) is 0 Å². The lowest BCUT2D eigenvalue weighted by Crippen LogP contribution is -2.22. The SMILES string of the molecule is O=c1n(-c2cccc(-n3c4ccccc4c4ccccc43)c2)c2ccncc2n1-c1cccc(-n2c3ccccc3c3ccccc32)c1. The van der Waals surface area contributed by atoms with E-state index in [1.165, 1.54) is 21.5 Å². The number of hydrogen-bond acceptors (Lipinski definition) is 2. The Hall–Kier alpha value is -6.66. The van der Waals surface area contributed by atoms with Gasteiger partial charge in [0.25, 0.3) is 0 Å². The number of rotatable bonds is 4. The molecule has 48 heavy (non-hydrogen) atoms. The van der Waals surface area contributed by atoms with E-state index in [0.717, 1.165) is 55.8 Å². The van der Waals surface area contributed by atoms with Gasteiger partial charge in [-0.15, -0.1) is 0 Å². The maximum Gasteiger partial charge on any atom is 0.338 e. The summed E-state index contributed by atoms with van der Waals surface area (Å²) in [4.78, 5) is 19.1. The zero-order valence-electron chi connectivity index (χ0n) is 25.7. The lowest BCUT2D eigenvalue weighted by atomic mass is 10.2. The largest absolute Gasteiger partial charge is 0.338 e. The maximum atomic E-state index is 14.6. The molecule has 0 atom stereocenters. The van der Waals surface area contributed by atoms with Crippen LogP contribution in [-0.4, -0.2) is 23.3 Å². The Bertz CT molecular complexity index is 2630. The quantitative estimate of drug-likeness (QED) is 0.198. The van der Waals surface area contributed by atoms with Crippen LogP contribution < -0.4 is 5.69 Å². The Labute approximate surface area is 274 Å². The highest BCUT2D eigenvalue weighted by Gasteiger charge is 2.19. The summed E-state index contributed by atoms with van der Waals surface area (Å²) in [5, 5.41) is 4.78. The van der Waals surface area contributed by atoms with Crippen LogP contribution in [0.2, 0.25) is 0 Å². The molecule has 0 aliphatic rings. The summed E-state index contributed by atoms with van der Waals surface area (Å²) < 4.78 is 8.11. The van der Waals surface area contributed by atoms with E-state index >= 15 is 0 Å². The van der Waals surface area contributed by atoms with E-state index in [1.54, 1.807) is 21.5 Å². The van der Waals surface area contributed by atoms with Gasteiger partial charge < -0.3 is 9.13 Å². The minimum absolute atomic E-state index is 0.156. The lowest BCUT2D eigenvalue weighted by molar-refractivity contribution is 0.927. The molecule has 226 valence electrons. The molecule has 0 aliphatic carbocycles. The number of pyridine rings is 1. The standard InChI is InChI=1S/C42H27N5O/c48-42-46(30-13-9-11-28(25-30)44-36-19-5-1-15-32(36)33-16-2-6-20-37(33)44)40-23-24-43-27-41(40)47(42)31-14-10-12-29(26-31)45-38-21-7-3-17-34(38)35-18-4-8-22-39(35)45/h1-27H. The van der Waals surface area contributed by atoms with Gasteiger partial charge in [-0.05, 0) is 66.7 Å². The first kappa shape index (κ1) is 26.5. The minimum Gasteiger partial charge on any atom is -0.309 e. The maximum absolute atomic E-state index is 14.6. The second kappa shape index (κ2) is 10.2. The van der Waals surface area contributed by atoms with Gasteiger partial charge in [0, 0.05) is 39.1 Å². The lowest BCUT2D eigenvalue weighted by Gasteiger charge is -2.11. The van der Waals surface area contributed by atoms with Crippen molar-refractivity contribution in [1.82, 2.24) is 23.3 Å². The van der Waals surface area contributed by atoms with Gasteiger partial charge >= 0.3 is 5.69 Å². The number of nitrogens with zero attached hydrogens (tertiary/aromatic N) is 5. The molecule has 0 amide bonds. The van der Waals surface area contributed by atoms with E-state index < -0.39 is 0 Å². The van der Waals surface area contributed by atoms with Crippen molar-refractivity contribution in [2.24, 2.45) is 0 Å². The van der Waals surface area contributed by atoms with Gasteiger partial charge in [-0.2, -0.15) is 0 Å². The van der Waals surface area contributed by atoms with E-state index in [4.69, 9.17) is 0 Å². The minimum atomic E-state index is -0.156. The van der Waals surface area contributed by atoms with Crippen LogP contribution in [0.5, 0.6) is 0 Å². The molecule has 10 aromatic rings. The zero-order valence-corrected chi connectivity index (χ0v) is 25.7. The first-order valence-electron chi connectivity index (χ1n) is 16.0. The molecule has 0 saturated heterocycles. The van der Waals surface area contributed by atoms with Gasteiger partial charge in [0.2, 0.25) is 0 Å². The molecule has 0 saturated carbocycles. The second-order valence-corrected chi connectivity index (χ2v) is 12.1. The van der Waals surface area contributed by atoms with Gasteiger partial charge in [-0.3, -0.25) is 14.1 Å². The van der Waals surface area contributed by atoms with Gasteiger partial charge in [0.15, 0.2) is 0 Å². The van der Waals surface area contributed by atoms with Crippen molar-refractivity contribution in [2.45, 2.75) is 0 Å². The van der Waals surface area contributed by atoms with Crippen LogP contribution in [0.25, 0.3) is 77.4 Å². The molecule has 0 bridgehead atoms. The summed E-state index contributed by atoms with van der Waals surface area (Å²) in [6.45, 7) is 0. The molecule has 0 spiro atoms. The number of imidazole rings is 1. The van der Waals surface area contributed by atoms with Crippen molar-refractivity contribution in [2.75, 3.05) is 0 Å². The molecule has 10 rings (SSSR count). The molecule has 4 heterocycles. The van der Waals surface area contributed by atoms with Crippen molar-refractivity contribution in [3.8, 4) is 22.7 Å². The molecule has 0 radical (unpaired) electrons. The smallest absolute Gasteiger partial charge is 0.309 e. The van der Waals surface area contributed by atoms with Crippen molar-refractivity contribution < 1.29 is 0 Å². The predicted molar refractivity (Wildman–Crippen MR) is 195 cm³/mol. The molecule has 0 N–H and O–H groups in total. The highest BCUT2D eigenvalue weighted by molar-refractivity contribution is 6.10. The second-order valence-electron chi connectivity index (χ2n) is 12.1. The number of aromatic nitrogens is 5. The summed E-state index contributed by atoms with van der Waals surface area (Å²) >= 11 is 0. The molecular formula is C42H27N5O. The molecule has 6 nitrogen and oxygen atoms in total. The summed E-state index contributed by atoms with van der Waals surface area (Å²) in [6.07, 6.45) is 3.52. The normalized spacial score (nSPS) is 11.8. The molecule has 0 unspecified atom stereocenters. The highest BCUT2D eigenvalue weighted by Crippen LogP contribution is 2.34. The summed E-state index contributed by atoms with van der Waals surface area (Å²) in [7, 11) is 0. The predicted octanol–water partition coefficient (Wildman–Crippen LogP) is 9.37. The Morgan fingerprint density at radius 2 is 0.729 bits per heavy atom. The molecule has 6 heteroatoms. The van der Waals surface area contributed by atoms with Crippen LogP contribution in [0.4, 0.5) is 0 Å². The third-order valence-electron chi connectivity index (χ3n) is 9.49. The van der Waals surface area contributed by atoms with E-state index in [9.17, 15) is 4.79 Å². The van der Waals surface area contributed by atoms with E-state index in [1.807, 2.05) is 30.3 Å². The van der Waals surface area contributed by atoms with Gasteiger partial charge in [-0.1, -0.05) is 84.9 Å². The number of hydrogen-bond donors (Lipinski definition) is 0. The van der Waals surface area contributed by atoms with Crippen LogP contribution in [-0.2, 0) is 0 Å². The van der Waals surface area contributed by atoms with E-state index in [2.05, 4.69) is 135 Å². The van der Waals surface area contributed by atoms with E-state index in [0.29, 0.717) is 0 Å². The summed E-state index contributed by atoms with van der Waals surface area (Å²) in [5.74, 6) is 0. The summed E-state index contributed by atoms with van der Waals surface area (Å²) in [6, 6.07) is 52.1. The van der Waals surface area contributed by atoms with Crippen molar-refractivity contribution >= 4 is 54.6 Å². The van der Waals surface area contributed by atoms with Gasteiger partial charge in [0.05, 0.1) is 50.7 Å². The van der Waals surface area contributed by atoms with E-state index in [-0.39, 0.29) is 5.69 Å². The average molecular weight is 618 g/mol. The fraction of sp³-hybridized carbons (Fsp3) is 0. The molecular weight excluding hydrogens is 590 g/mol. The Balaban J connectivity index is 1.18. The summed E-state index contributed by atoms with van der Waals surface area (Å²) in [5.41, 5.74) is 9.38. The fourth-order valence-corrected chi connectivity index (χ4v) is 7.49. The fourth-order valence-electron chi connectivity index (χ4n) is 7.49. The monoisotopic (exact) mass is 617 g/mol. The average Bonchev–Trinajstić information content (AvgIpc) is 3.77. The van der Waals surface area contributed by atoms with Crippen LogP contribution in [0.15, 0.2) is 169 Å². The molecule has 4 aromatic heterocycles. The van der Waals surface area contributed by atoms with Crippen LogP contribution >= 0.6 is 0 Å². The van der Waals surface area contributed by atoms with Crippen molar-refractivity contribution in [3.63, 3.8) is 0 Å². The third kappa shape index (κ3) is 3.74. The highest BCUT2D eigenvalue weighted by atomic mass is 16.1. The van der Waals surface area contributed by atoms with Crippen LogP contribution in [0, 0.1) is 0 Å². The molecule has 0 fully saturated rings. The first-order valence-corrected chi connectivity index (χ1v) is 16.0. The Kier molecular flexibility index (Phi) is 5.63. The van der Waals surface area contributed by atoms with Crippen LogP contribution in [0.3, 0.4) is 0 Å².